The Balaban J connectivity index is 1.80. The summed E-state index contributed by atoms with van der Waals surface area (Å²) in [4.78, 5) is 20.9. The summed E-state index contributed by atoms with van der Waals surface area (Å²) in [5.41, 5.74) is 9.64. The smallest absolute Gasteiger partial charge is 0.274 e. The molecule has 0 aliphatic rings. The molecule has 1 amide bonds. The van der Waals surface area contributed by atoms with E-state index in [4.69, 9.17) is 5.73 Å². The van der Waals surface area contributed by atoms with Crippen LogP contribution in [0.1, 0.15) is 21.6 Å². The van der Waals surface area contributed by atoms with Gasteiger partial charge in [0.2, 0.25) is 0 Å². The number of nitrogens with two attached hydrogens (primary N) is 1. The molecular weight excluding hydrogens is 300 g/mol. The van der Waals surface area contributed by atoms with Crippen molar-refractivity contribution in [3.63, 3.8) is 0 Å². The van der Waals surface area contributed by atoms with Gasteiger partial charge < -0.3 is 11.1 Å². The summed E-state index contributed by atoms with van der Waals surface area (Å²) in [6.07, 6.45) is 1.58. The van der Waals surface area contributed by atoms with Crippen LogP contribution in [0, 0.1) is 6.92 Å². The van der Waals surface area contributed by atoms with Crippen molar-refractivity contribution in [2.75, 3.05) is 5.73 Å². The number of carbonyl (C=O) groups is 1. The van der Waals surface area contributed by atoms with E-state index in [1.807, 2.05) is 61.5 Å². The molecule has 0 spiro atoms. The molecule has 1 heterocycles. The quantitative estimate of drug-likeness (QED) is 0.775. The Morgan fingerprint density at radius 1 is 1.08 bits per heavy atom. The minimum Gasteiger partial charge on any atom is -0.382 e. The molecule has 0 atom stereocenters. The average Bonchev–Trinajstić information content (AvgIpc) is 2.62. The average molecular weight is 318 g/mol. The molecule has 0 fully saturated rings. The Morgan fingerprint density at radius 2 is 1.79 bits per heavy atom. The summed E-state index contributed by atoms with van der Waals surface area (Å²) < 4.78 is 0. The molecule has 0 saturated carbocycles. The van der Waals surface area contributed by atoms with E-state index in [9.17, 15) is 4.79 Å². The molecule has 1 aromatic heterocycles. The highest BCUT2D eigenvalue weighted by molar-refractivity contribution is 5.96. The van der Waals surface area contributed by atoms with Crippen LogP contribution in [0.4, 0.5) is 5.82 Å². The van der Waals surface area contributed by atoms with Gasteiger partial charge in [0.15, 0.2) is 11.5 Å². The van der Waals surface area contributed by atoms with Gasteiger partial charge in [-0.05, 0) is 12.5 Å². The maximum Gasteiger partial charge on any atom is 0.274 e. The molecule has 0 aliphatic heterocycles. The standard InChI is InChI=1S/C19H18N4O/c1-13-7-9-15(10-8-13)16-12-21-18(20)17(23-16)19(24)22-11-14-5-3-2-4-6-14/h2-10,12H,11H2,1H3,(H2,20,21)(H,22,24). The number of nitrogens with zero attached hydrogens (tertiary/aromatic N) is 2. The Labute approximate surface area is 140 Å². The van der Waals surface area contributed by atoms with E-state index < -0.39 is 0 Å². The van der Waals surface area contributed by atoms with Gasteiger partial charge in [-0.3, -0.25) is 4.79 Å². The largest absolute Gasteiger partial charge is 0.382 e. The van der Waals surface area contributed by atoms with Gasteiger partial charge in [0.25, 0.3) is 5.91 Å². The Hall–Kier alpha value is -3.21. The summed E-state index contributed by atoms with van der Waals surface area (Å²) in [5.74, 6) is -0.214. The molecule has 5 heteroatoms. The lowest BCUT2D eigenvalue weighted by Gasteiger charge is -2.08. The van der Waals surface area contributed by atoms with E-state index in [0.717, 1.165) is 16.7 Å². The van der Waals surface area contributed by atoms with E-state index in [1.54, 1.807) is 6.20 Å². The van der Waals surface area contributed by atoms with Crippen LogP contribution in [0.15, 0.2) is 60.8 Å². The van der Waals surface area contributed by atoms with Crippen LogP contribution >= 0.6 is 0 Å². The monoisotopic (exact) mass is 318 g/mol. The molecule has 2 aromatic carbocycles. The molecular formula is C19H18N4O. The lowest BCUT2D eigenvalue weighted by molar-refractivity contribution is 0.0946. The molecule has 0 aliphatic carbocycles. The number of carbonyl (C=O) groups excluding carboxylic acids is 1. The van der Waals surface area contributed by atoms with Crippen molar-refractivity contribution in [2.24, 2.45) is 0 Å². The first-order valence-electron chi connectivity index (χ1n) is 7.65. The van der Waals surface area contributed by atoms with E-state index in [0.29, 0.717) is 12.2 Å². The lowest BCUT2D eigenvalue weighted by Crippen LogP contribution is -2.25. The van der Waals surface area contributed by atoms with Crippen molar-refractivity contribution in [1.82, 2.24) is 15.3 Å². The van der Waals surface area contributed by atoms with Crippen molar-refractivity contribution in [2.45, 2.75) is 13.5 Å². The zero-order valence-electron chi connectivity index (χ0n) is 13.4. The summed E-state index contributed by atoms with van der Waals surface area (Å²) in [5, 5.41) is 2.82. The highest BCUT2D eigenvalue weighted by Gasteiger charge is 2.14. The number of aromatic nitrogens is 2. The summed E-state index contributed by atoms with van der Waals surface area (Å²) >= 11 is 0. The number of hydrogen-bond acceptors (Lipinski definition) is 4. The van der Waals surface area contributed by atoms with Crippen LogP contribution in [0.25, 0.3) is 11.3 Å². The van der Waals surface area contributed by atoms with Crippen molar-refractivity contribution < 1.29 is 4.79 Å². The number of nitrogen functional groups attached to an aromatic ring is 1. The molecule has 0 radical (unpaired) electrons. The van der Waals surface area contributed by atoms with Gasteiger partial charge in [0.05, 0.1) is 11.9 Å². The van der Waals surface area contributed by atoms with Gasteiger partial charge in [-0.1, -0.05) is 60.2 Å². The van der Waals surface area contributed by atoms with Crippen molar-refractivity contribution in [3.8, 4) is 11.3 Å². The van der Waals surface area contributed by atoms with Crippen LogP contribution in [-0.4, -0.2) is 15.9 Å². The minimum atomic E-state index is -0.335. The highest BCUT2D eigenvalue weighted by Crippen LogP contribution is 2.19. The van der Waals surface area contributed by atoms with Gasteiger partial charge in [0.1, 0.15) is 0 Å². The molecule has 3 aromatic rings. The molecule has 3 rings (SSSR count). The highest BCUT2D eigenvalue weighted by atomic mass is 16.1. The van der Waals surface area contributed by atoms with Crippen molar-refractivity contribution >= 4 is 11.7 Å². The normalized spacial score (nSPS) is 10.4. The second-order valence-corrected chi connectivity index (χ2v) is 5.52. The Morgan fingerprint density at radius 3 is 2.50 bits per heavy atom. The Bertz CT molecular complexity index is 845. The van der Waals surface area contributed by atoms with Crippen LogP contribution in [0.3, 0.4) is 0 Å². The molecule has 120 valence electrons. The van der Waals surface area contributed by atoms with Crippen LogP contribution in [-0.2, 0) is 6.54 Å². The molecule has 0 bridgehead atoms. The van der Waals surface area contributed by atoms with Crippen molar-refractivity contribution in [3.05, 3.63) is 77.6 Å². The van der Waals surface area contributed by atoms with Crippen LogP contribution < -0.4 is 11.1 Å². The summed E-state index contributed by atoms with van der Waals surface area (Å²) in [6.45, 7) is 2.43. The fourth-order valence-electron chi connectivity index (χ4n) is 2.29. The second kappa shape index (κ2) is 6.91. The molecule has 5 nitrogen and oxygen atoms in total. The van der Waals surface area contributed by atoms with Crippen LogP contribution in [0.5, 0.6) is 0 Å². The second-order valence-electron chi connectivity index (χ2n) is 5.52. The number of amides is 1. The molecule has 0 saturated heterocycles. The number of hydrogen-bond donors (Lipinski definition) is 2. The third-order valence-electron chi connectivity index (χ3n) is 3.66. The molecule has 3 N–H and O–H groups in total. The third-order valence-corrected chi connectivity index (χ3v) is 3.66. The fourth-order valence-corrected chi connectivity index (χ4v) is 2.29. The predicted molar refractivity (Wildman–Crippen MR) is 94.2 cm³/mol. The van der Waals surface area contributed by atoms with Crippen molar-refractivity contribution in [1.29, 1.82) is 0 Å². The maximum atomic E-state index is 12.4. The number of benzene rings is 2. The fraction of sp³-hybridized carbons (Fsp3) is 0.105. The number of aryl methyl sites for hydroxylation is 1. The minimum absolute atomic E-state index is 0.122. The molecule has 0 unspecified atom stereocenters. The first kappa shape index (κ1) is 15.7. The zero-order valence-corrected chi connectivity index (χ0v) is 13.4. The topological polar surface area (TPSA) is 80.9 Å². The lowest BCUT2D eigenvalue weighted by atomic mass is 10.1. The first-order chi connectivity index (χ1) is 11.6. The van der Waals surface area contributed by atoms with E-state index in [-0.39, 0.29) is 17.4 Å². The number of anilines is 1. The van der Waals surface area contributed by atoms with Crippen LogP contribution in [0.2, 0.25) is 0 Å². The number of rotatable bonds is 4. The predicted octanol–water partition coefficient (Wildman–Crippen LogP) is 2.96. The SMILES string of the molecule is Cc1ccc(-c2cnc(N)c(C(=O)NCc3ccccc3)n2)cc1. The van der Waals surface area contributed by atoms with E-state index in [2.05, 4.69) is 15.3 Å². The van der Waals surface area contributed by atoms with Gasteiger partial charge in [-0.25, -0.2) is 9.97 Å². The summed E-state index contributed by atoms with van der Waals surface area (Å²) in [6, 6.07) is 17.5. The first-order valence-corrected chi connectivity index (χ1v) is 7.65. The zero-order chi connectivity index (χ0) is 16.9. The number of nitrogens with one attached hydrogen (secondary N) is 1. The van der Waals surface area contributed by atoms with Gasteiger partial charge in [-0.15, -0.1) is 0 Å². The van der Waals surface area contributed by atoms with Gasteiger partial charge >= 0.3 is 0 Å². The van der Waals surface area contributed by atoms with E-state index in [1.165, 1.54) is 0 Å². The summed E-state index contributed by atoms with van der Waals surface area (Å²) in [7, 11) is 0. The Kier molecular flexibility index (Phi) is 4.52. The maximum absolute atomic E-state index is 12.4. The van der Waals surface area contributed by atoms with E-state index >= 15 is 0 Å². The third kappa shape index (κ3) is 3.57. The molecule has 24 heavy (non-hydrogen) atoms. The van der Waals surface area contributed by atoms with Gasteiger partial charge in [-0.2, -0.15) is 0 Å². The van der Waals surface area contributed by atoms with Gasteiger partial charge in [0, 0.05) is 12.1 Å².